The van der Waals surface area contributed by atoms with Crippen LogP contribution in [0.2, 0.25) is 0 Å². The third-order valence-electron chi connectivity index (χ3n) is 3.94. The molecule has 1 aliphatic carbocycles. The fraction of sp³-hybridized carbons (Fsp3) is 0.438. The molecule has 116 valence electrons. The van der Waals surface area contributed by atoms with Crippen molar-refractivity contribution >= 4 is 23.1 Å². The van der Waals surface area contributed by atoms with E-state index >= 15 is 0 Å². The molecule has 0 spiro atoms. The van der Waals surface area contributed by atoms with Crippen LogP contribution in [0.1, 0.15) is 46.1 Å². The number of nitrogen functional groups attached to an aromatic ring is 1. The molecule has 0 bridgehead atoms. The van der Waals surface area contributed by atoms with Crippen LogP contribution in [-0.2, 0) is 19.4 Å². The molecule has 2 aromatic heterocycles. The largest absolute Gasteiger partial charge is 0.382 e. The highest BCUT2D eigenvalue weighted by Crippen LogP contribution is 2.31. The first-order valence-electron chi connectivity index (χ1n) is 7.54. The summed E-state index contributed by atoms with van der Waals surface area (Å²) in [5, 5.41) is 0. The van der Waals surface area contributed by atoms with Gasteiger partial charge < -0.3 is 10.6 Å². The number of aryl methyl sites for hydroxylation is 2. The Morgan fingerprint density at radius 1 is 1.36 bits per heavy atom. The smallest absolute Gasteiger partial charge is 0.276 e. The Hall–Kier alpha value is -1.95. The van der Waals surface area contributed by atoms with E-state index in [0.29, 0.717) is 6.54 Å². The van der Waals surface area contributed by atoms with Crippen molar-refractivity contribution < 1.29 is 4.79 Å². The maximum absolute atomic E-state index is 12.7. The average molecular weight is 316 g/mol. The lowest BCUT2D eigenvalue weighted by Gasteiger charge is -2.26. The fourth-order valence-corrected chi connectivity index (χ4v) is 4.03. The topological polar surface area (TPSA) is 72.1 Å². The van der Waals surface area contributed by atoms with Gasteiger partial charge in [0.05, 0.1) is 6.54 Å². The fourth-order valence-electron chi connectivity index (χ4n) is 2.77. The minimum Gasteiger partial charge on any atom is -0.382 e. The van der Waals surface area contributed by atoms with Crippen LogP contribution in [-0.4, -0.2) is 26.8 Å². The summed E-state index contributed by atoms with van der Waals surface area (Å²) in [6.07, 6.45) is 6.59. The normalized spacial score (nSPS) is 13.4. The van der Waals surface area contributed by atoms with Gasteiger partial charge in [-0.2, -0.15) is 0 Å². The second-order valence-corrected chi connectivity index (χ2v) is 7.05. The SMILES string of the molecule is CC(C)N(Cc1cc2c(s1)CCC2)C(=O)c1nccnc1N. The van der Waals surface area contributed by atoms with Crippen molar-refractivity contribution in [3.05, 3.63) is 39.5 Å². The highest BCUT2D eigenvalue weighted by atomic mass is 32.1. The molecule has 1 aliphatic rings. The predicted molar refractivity (Wildman–Crippen MR) is 87.8 cm³/mol. The zero-order valence-electron chi connectivity index (χ0n) is 12.9. The monoisotopic (exact) mass is 316 g/mol. The van der Waals surface area contributed by atoms with E-state index in [-0.39, 0.29) is 23.5 Å². The average Bonchev–Trinajstić information content (AvgIpc) is 3.05. The molecule has 1 amide bonds. The summed E-state index contributed by atoms with van der Waals surface area (Å²) in [6, 6.07) is 2.32. The Labute approximate surface area is 134 Å². The number of amides is 1. The third kappa shape index (κ3) is 2.83. The zero-order chi connectivity index (χ0) is 15.7. The lowest BCUT2D eigenvalue weighted by atomic mass is 10.2. The maximum Gasteiger partial charge on any atom is 0.276 e. The Morgan fingerprint density at radius 3 is 2.82 bits per heavy atom. The van der Waals surface area contributed by atoms with Crippen LogP contribution in [0.4, 0.5) is 5.82 Å². The van der Waals surface area contributed by atoms with E-state index in [1.54, 1.807) is 4.90 Å². The van der Waals surface area contributed by atoms with Crippen molar-refractivity contribution in [1.82, 2.24) is 14.9 Å². The molecule has 0 unspecified atom stereocenters. The predicted octanol–water partition coefficient (Wildman–Crippen LogP) is 2.66. The number of thiophene rings is 1. The molecule has 0 saturated heterocycles. The number of hydrogen-bond donors (Lipinski definition) is 1. The highest BCUT2D eigenvalue weighted by molar-refractivity contribution is 7.12. The number of aromatic nitrogens is 2. The van der Waals surface area contributed by atoms with Crippen LogP contribution in [0.15, 0.2) is 18.5 Å². The highest BCUT2D eigenvalue weighted by Gasteiger charge is 2.24. The molecular formula is C16H20N4OS. The molecule has 22 heavy (non-hydrogen) atoms. The number of carbonyl (C=O) groups excluding carboxylic acids is 1. The molecule has 0 radical (unpaired) electrons. The number of nitrogens with two attached hydrogens (primary N) is 1. The Balaban J connectivity index is 1.83. The van der Waals surface area contributed by atoms with E-state index < -0.39 is 0 Å². The zero-order valence-corrected chi connectivity index (χ0v) is 13.7. The van der Waals surface area contributed by atoms with E-state index in [0.717, 1.165) is 0 Å². The van der Waals surface area contributed by atoms with E-state index in [1.165, 1.54) is 47.0 Å². The summed E-state index contributed by atoms with van der Waals surface area (Å²) in [5.74, 6) is 0.0287. The van der Waals surface area contributed by atoms with Crippen molar-refractivity contribution in [3.8, 4) is 0 Å². The molecule has 2 aromatic rings. The first-order valence-corrected chi connectivity index (χ1v) is 8.36. The molecular weight excluding hydrogens is 296 g/mol. The van der Waals surface area contributed by atoms with Crippen LogP contribution < -0.4 is 5.73 Å². The molecule has 6 heteroatoms. The first kappa shape index (κ1) is 15.0. The van der Waals surface area contributed by atoms with Gasteiger partial charge in [-0.25, -0.2) is 9.97 Å². The lowest BCUT2D eigenvalue weighted by molar-refractivity contribution is 0.0687. The Bertz CT molecular complexity index is 674. The van der Waals surface area contributed by atoms with E-state index in [4.69, 9.17) is 5.73 Å². The Morgan fingerprint density at radius 2 is 2.14 bits per heavy atom. The van der Waals surface area contributed by atoms with Crippen LogP contribution in [0.3, 0.4) is 0 Å². The molecule has 0 fully saturated rings. The number of carbonyl (C=O) groups is 1. The summed E-state index contributed by atoms with van der Waals surface area (Å²) < 4.78 is 0. The number of fused-ring (bicyclic) bond motifs is 1. The van der Waals surface area contributed by atoms with Crippen molar-refractivity contribution in [2.24, 2.45) is 0 Å². The number of hydrogen-bond acceptors (Lipinski definition) is 5. The summed E-state index contributed by atoms with van der Waals surface area (Å²) >= 11 is 1.82. The van der Waals surface area contributed by atoms with Crippen LogP contribution >= 0.6 is 11.3 Å². The summed E-state index contributed by atoms with van der Waals surface area (Å²) in [4.78, 5) is 25.3. The van der Waals surface area contributed by atoms with Gasteiger partial charge in [-0.15, -0.1) is 11.3 Å². The lowest BCUT2D eigenvalue weighted by Crippen LogP contribution is -2.37. The minimum atomic E-state index is -0.158. The van der Waals surface area contributed by atoms with Crippen molar-refractivity contribution in [1.29, 1.82) is 0 Å². The van der Waals surface area contributed by atoms with E-state index in [9.17, 15) is 4.79 Å². The summed E-state index contributed by atoms with van der Waals surface area (Å²) in [7, 11) is 0. The molecule has 2 N–H and O–H groups in total. The van der Waals surface area contributed by atoms with Gasteiger partial charge >= 0.3 is 0 Å². The molecule has 0 aliphatic heterocycles. The van der Waals surface area contributed by atoms with Crippen LogP contribution in [0, 0.1) is 0 Å². The number of rotatable bonds is 4. The molecule has 0 atom stereocenters. The van der Waals surface area contributed by atoms with Gasteiger partial charge in [-0.05, 0) is 44.7 Å². The van der Waals surface area contributed by atoms with Crippen molar-refractivity contribution in [2.45, 2.75) is 45.7 Å². The number of nitrogens with zero attached hydrogens (tertiary/aromatic N) is 3. The first-order chi connectivity index (χ1) is 10.6. The number of anilines is 1. The van der Waals surface area contributed by atoms with Gasteiger partial charge in [0.15, 0.2) is 11.5 Å². The van der Waals surface area contributed by atoms with E-state index in [1.807, 2.05) is 25.2 Å². The summed E-state index contributed by atoms with van der Waals surface area (Å²) in [5.41, 5.74) is 7.48. The molecule has 3 rings (SSSR count). The quantitative estimate of drug-likeness (QED) is 0.941. The molecule has 0 saturated carbocycles. The minimum absolute atomic E-state index is 0.0749. The van der Waals surface area contributed by atoms with Gasteiger partial charge in [0.25, 0.3) is 5.91 Å². The van der Waals surface area contributed by atoms with E-state index in [2.05, 4.69) is 16.0 Å². The van der Waals surface area contributed by atoms with Crippen molar-refractivity contribution in [3.63, 3.8) is 0 Å². The molecule has 5 nitrogen and oxygen atoms in total. The maximum atomic E-state index is 12.7. The van der Waals surface area contributed by atoms with Crippen LogP contribution in [0.25, 0.3) is 0 Å². The van der Waals surface area contributed by atoms with Crippen molar-refractivity contribution in [2.75, 3.05) is 5.73 Å². The molecule has 0 aromatic carbocycles. The Kier molecular flexibility index (Phi) is 4.11. The third-order valence-corrected chi connectivity index (χ3v) is 5.16. The van der Waals surface area contributed by atoms with Gasteiger partial charge in [0.2, 0.25) is 0 Å². The molecule has 2 heterocycles. The van der Waals surface area contributed by atoms with Gasteiger partial charge in [0.1, 0.15) is 0 Å². The second kappa shape index (κ2) is 6.04. The summed E-state index contributed by atoms with van der Waals surface area (Å²) in [6.45, 7) is 4.61. The second-order valence-electron chi connectivity index (χ2n) is 5.83. The van der Waals surface area contributed by atoms with Gasteiger partial charge in [-0.3, -0.25) is 4.79 Å². The van der Waals surface area contributed by atoms with Crippen LogP contribution in [0.5, 0.6) is 0 Å². The van der Waals surface area contributed by atoms with Gasteiger partial charge in [-0.1, -0.05) is 0 Å². The van der Waals surface area contributed by atoms with Gasteiger partial charge in [0, 0.05) is 28.2 Å². The standard InChI is InChI=1S/C16H20N4OS/c1-10(2)20(16(21)14-15(17)19-7-6-18-14)9-12-8-11-4-3-5-13(11)22-12/h6-8,10H,3-5,9H2,1-2H3,(H2,17,19).